The Balaban J connectivity index is 1.96. The zero-order valence-corrected chi connectivity index (χ0v) is 19.0. The lowest BCUT2D eigenvalue weighted by atomic mass is 10.2. The van der Waals surface area contributed by atoms with E-state index in [2.05, 4.69) is 20.9 Å². The molecule has 1 heterocycles. The molecule has 0 aliphatic carbocycles. The van der Waals surface area contributed by atoms with E-state index in [0.717, 1.165) is 16.5 Å². The molecule has 1 N–H and O–H groups in total. The van der Waals surface area contributed by atoms with Crippen LogP contribution in [0.2, 0.25) is 0 Å². The summed E-state index contributed by atoms with van der Waals surface area (Å²) in [5.41, 5.74) is 1.44. The molecule has 0 atom stereocenters. The van der Waals surface area contributed by atoms with Gasteiger partial charge in [0, 0.05) is 16.6 Å². The van der Waals surface area contributed by atoms with E-state index >= 15 is 0 Å². The fourth-order valence-corrected chi connectivity index (χ4v) is 4.24. The van der Waals surface area contributed by atoms with E-state index in [1.165, 1.54) is 23.9 Å². The van der Waals surface area contributed by atoms with E-state index < -0.39 is 5.97 Å². The second kappa shape index (κ2) is 9.95. The van der Waals surface area contributed by atoms with Gasteiger partial charge >= 0.3 is 5.97 Å². The fraction of sp³-hybridized carbons (Fsp3) is 0.227. The molecule has 2 aromatic carbocycles. The third kappa shape index (κ3) is 5.12. The Morgan fingerprint density at radius 2 is 2.07 bits per heavy atom. The average molecular weight is 489 g/mol. The molecule has 2 aromatic rings. The monoisotopic (exact) mass is 488 g/mol. The number of hydrogen-bond acceptors (Lipinski definition) is 5. The molecule has 0 spiro atoms. The number of amidine groups is 1. The van der Waals surface area contributed by atoms with E-state index in [0.29, 0.717) is 34.7 Å². The zero-order chi connectivity index (χ0) is 21.7. The number of ether oxygens (including phenoxy) is 1. The van der Waals surface area contributed by atoms with Crippen LogP contribution in [-0.4, -0.2) is 40.2 Å². The molecule has 1 aliphatic heterocycles. The number of thioether (sulfide) groups is 1. The lowest BCUT2D eigenvalue weighted by Gasteiger charge is -2.12. The number of rotatable bonds is 7. The van der Waals surface area contributed by atoms with Gasteiger partial charge in [0.2, 0.25) is 0 Å². The third-order valence-electron chi connectivity index (χ3n) is 4.24. The van der Waals surface area contributed by atoms with Crippen molar-refractivity contribution >= 4 is 56.5 Å². The molecule has 3 rings (SSSR count). The molecule has 1 aliphatic rings. The van der Waals surface area contributed by atoms with Crippen molar-refractivity contribution in [2.24, 2.45) is 4.99 Å². The van der Waals surface area contributed by atoms with Crippen molar-refractivity contribution in [2.45, 2.75) is 20.3 Å². The lowest BCUT2D eigenvalue weighted by Crippen LogP contribution is -2.28. The lowest BCUT2D eigenvalue weighted by molar-refractivity contribution is -0.122. The van der Waals surface area contributed by atoms with Crippen molar-refractivity contribution < 1.29 is 19.4 Å². The summed E-state index contributed by atoms with van der Waals surface area (Å²) in [5.74, 6) is -0.449. The van der Waals surface area contributed by atoms with E-state index in [9.17, 15) is 14.7 Å². The van der Waals surface area contributed by atoms with Gasteiger partial charge in [0.25, 0.3) is 5.91 Å². The van der Waals surface area contributed by atoms with Gasteiger partial charge in [-0.05, 0) is 67.6 Å². The van der Waals surface area contributed by atoms with Crippen LogP contribution >= 0.6 is 27.7 Å². The molecule has 0 bridgehead atoms. The highest BCUT2D eigenvalue weighted by Gasteiger charge is 2.32. The van der Waals surface area contributed by atoms with Crippen LogP contribution < -0.4 is 4.74 Å². The normalized spacial score (nSPS) is 16.5. The number of aromatic carboxylic acids is 1. The third-order valence-corrected chi connectivity index (χ3v) is 5.74. The van der Waals surface area contributed by atoms with E-state index in [-0.39, 0.29) is 11.5 Å². The van der Waals surface area contributed by atoms with Crippen molar-refractivity contribution in [1.82, 2.24) is 4.90 Å². The standard InChI is InChI=1S/C22H21BrN2O4S/c1-3-10-29-18-9-8-16(23)11-15(18)13-19-20(26)25(4-2)22(30-19)24-17-7-5-6-14(12-17)21(27)28/h5-9,11-13H,3-4,10H2,1-2H3,(H,27,28)/b19-13+,24-22?. The number of likely N-dealkylation sites (N-methyl/N-ethyl adjacent to an activating group) is 1. The molecule has 1 amide bonds. The first-order chi connectivity index (χ1) is 14.4. The molecule has 6 nitrogen and oxygen atoms in total. The molecule has 1 fully saturated rings. The second-order valence-corrected chi connectivity index (χ2v) is 8.37. The van der Waals surface area contributed by atoms with Gasteiger partial charge < -0.3 is 9.84 Å². The summed E-state index contributed by atoms with van der Waals surface area (Å²) in [4.78, 5) is 30.8. The molecular weight excluding hydrogens is 468 g/mol. The van der Waals surface area contributed by atoms with Gasteiger partial charge in [-0.25, -0.2) is 9.79 Å². The van der Waals surface area contributed by atoms with E-state index in [4.69, 9.17) is 4.74 Å². The van der Waals surface area contributed by atoms with Gasteiger partial charge in [-0.15, -0.1) is 0 Å². The number of nitrogens with zero attached hydrogens (tertiary/aromatic N) is 2. The Bertz CT molecular complexity index is 1040. The van der Waals surface area contributed by atoms with Crippen LogP contribution in [0.4, 0.5) is 5.69 Å². The van der Waals surface area contributed by atoms with Gasteiger partial charge in [-0.1, -0.05) is 28.9 Å². The van der Waals surface area contributed by atoms with Crippen molar-refractivity contribution in [2.75, 3.05) is 13.2 Å². The smallest absolute Gasteiger partial charge is 0.335 e. The first-order valence-electron chi connectivity index (χ1n) is 9.48. The predicted molar refractivity (Wildman–Crippen MR) is 123 cm³/mol. The number of carboxylic acids is 1. The van der Waals surface area contributed by atoms with Crippen LogP contribution in [0.3, 0.4) is 0 Å². The molecule has 156 valence electrons. The molecule has 1 saturated heterocycles. The summed E-state index contributed by atoms with van der Waals surface area (Å²) in [6.07, 6.45) is 2.69. The summed E-state index contributed by atoms with van der Waals surface area (Å²) < 4.78 is 6.70. The highest BCUT2D eigenvalue weighted by molar-refractivity contribution is 9.10. The van der Waals surface area contributed by atoms with Gasteiger partial charge in [0.15, 0.2) is 5.17 Å². The number of hydrogen-bond donors (Lipinski definition) is 1. The Morgan fingerprint density at radius 1 is 1.27 bits per heavy atom. The van der Waals surface area contributed by atoms with Crippen molar-refractivity contribution in [1.29, 1.82) is 0 Å². The van der Waals surface area contributed by atoms with Gasteiger partial charge in [-0.2, -0.15) is 0 Å². The Kier molecular flexibility index (Phi) is 7.33. The number of benzene rings is 2. The predicted octanol–water partition coefficient (Wildman–Crippen LogP) is 5.56. The molecule has 0 radical (unpaired) electrons. The minimum Gasteiger partial charge on any atom is -0.493 e. The zero-order valence-electron chi connectivity index (χ0n) is 16.6. The van der Waals surface area contributed by atoms with Gasteiger partial charge in [0.1, 0.15) is 5.75 Å². The summed E-state index contributed by atoms with van der Waals surface area (Å²) >= 11 is 4.73. The minimum absolute atomic E-state index is 0.142. The van der Waals surface area contributed by atoms with Gasteiger partial charge in [-0.3, -0.25) is 9.69 Å². The SMILES string of the molecule is CCCOc1ccc(Br)cc1/C=C1/SC(=Nc2cccc(C(=O)O)c2)N(CC)C1=O. The average Bonchev–Trinajstić information content (AvgIpc) is 3.01. The number of carboxylic acid groups (broad SMARTS) is 1. The maximum absolute atomic E-state index is 12.9. The van der Waals surface area contributed by atoms with Crippen LogP contribution in [0, 0.1) is 0 Å². The first-order valence-corrected chi connectivity index (χ1v) is 11.1. The Morgan fingerprint density at radius 3 is 2.77 bits per heavy atom. The molecule has 0 aromatic heterocycles. The van der Waals surface area contributed by atoms with Crippen LogP contribution in [0.1, 0.15) is 36.2 Å². The Labute approximate surface area is 187 Å². The first kappa shape index (κ1) is 22.1. The molecule has 0 unspecified atom stereocenters. The number of carbonyl (C=O) groups is 2. The van der Waals surface area contributed by atoms with E-state index in [1.807, 2.05) is 38.1 Å². The molecule has 8 heteroatoms. The maximum atomic E-state index is 12.9. The summed E-state index contributed by atoms with van der Waals surface area (Å²) in [7, 11) is 0. The van der Waals surface area contributed by atoms with Crippen molar-refractivity contribution in [3.8, 4) is 5.75 Å². The number of carbonyl (C=O) groups excluding carboxylic acids is 1. The maximum Gasteiger partial charge on any atom is 0.335 e. The number of amides is 1. The van der Waals surface area contributed by atoms with Crippen molar-refractivity contribution in [3.05, 3.63) is 63.0 Å². The fourth-order valence-electron chi connectivity index (χ4n) is 2.81. The largest absolute Gasteiger partial charge is 0.493 e. The van der Waals surface area contributed by atoms with Crippen LogP contribution in [0.5, 0.6) is 5.75 Å². The summed E-state index contributed by atoms with van der Waals surface area (Å²) in [6.45, 7) is 4.96. The number of halogens is 1. The molecule has 0 saturated carbocycles. The van der Waals surface area contributed by atoms with Crippen LogP contribution in [0.15, 0.2) is 56.8 Å². The second-order valence-electron chi connectivity index (χ2n) is 6.44. The highest BCUT2D eigenvalue weighted by Crippen LogP contribution is 2.36. The summed E-state index contributed by atoms with van der Waals surface area (Å²) in [6, 6.07) is 12.0. The molecular formula is C22H21BrN2O4S. The minimum atomic E-state index is -1.02. The van der Waals surface area contributed by atoms with E-state index in [1.54, 1.807) is 17.0 Å². The quantitative estimate of drug-likeness (QED) is 0.516. The topological polar surface area (TPSA) is 79.2 Å². The summed E-state index contributed by atoms with van der Waals surface area (Å²) in [5, 5.41) is 9.70. The van der Waals surface area contributed by atoms with Crippen molar-refractivity contribution in [3.63, 3.8) is 0 Å². The van der Waals surface area contributed by atoms with Gasteiger partial charge in [0.05, 0.1) is 22.8 Å². The highest BCUT2D eigenvalue weighted by atomic mass is 79.9. The van der Waals surface area contributed by atoms with Crippen LogP contribution in [0.25, 0.3) is 6.08 Å². The Hall–Kier alpha value is -2.58. The number of aliphatic imine (C=N–C) groups is 1. The molecule has 30 heavy (non-hydrogen) atoms. The van der Waals surface area contributed by atoms with Crippen LogP contribution in [-0.2, 0) is 4.79 Å².